The predicted molar refractivity (Wildman–Crippen MR) is 100 cm³/mol. The van der Waals surface area contributed by atoms with Crippen LogP contribution in [0, 0.1) is 0 Å². The molecule has 0 aromatic heterocycles. The first-order valence-electron chi connectivity index (χ1n) is 8.50. The fourth-order valence-electron chi connectivity index (χ4n) is 2.29. The molecule has 1 amide bonds. The Morgan fingerprint density at radius 2 is 1.81 bits per heavy atom. The standard InChI is InChI=1S/C20H22ClNO4/c1-2-25-18-7-4-3-6-16(18)14-26-19(23)8-5-13-22-20(24)15-9-11-17(21)12-10-15/h3-4,6-7,9-12H,2,5,8,13-14H2,1H3,(H,22,24). The van der Waals surface area contributed by atoms with Crippen LogP contribution < -0.4 is 10.1 Å². The lowest BCUT2D eigenvalue weighted by molar-refractivity contribution is -0.145. The second kappa shape index (κ2) is 10.5. The first-order valence-corrected chi connectivity index (χ1v) is 8.88. The Labute approximate surface area is 158 Å². The molecule has 26 heavy (non-hydrogen) atoms. The molecule has 0 spiro atoms. The highest BCUT2D eigenvalue weighted by Crippen LogP contribution is 2.19. The van der Waals surface area contributed by atoms with E-state index in [9.17, 15) is 9.59 Å². The Balaban J connectivity index is 1.68. The molecule has 0 heterocycles. The molecule has 0 unspecified atom stereocenters. The first kappa shape index (κ1) is 19.8. The van der Waals surface area contributed by atoms with Gasteiger partial charge in [-0.2, -0.15) is 0 Å². The molecule has 2 aromatic rings. The number of benzene rings is 2. The third-order valence-electron chi connectivity index (χ3n) is 3.61. The number of carbonyl (C=O) groups is 2. The van der Waals surface area contributed by atoms with Crippen molar-refractivity contribution >= 4 is 23.5 Å². The summed E-state index contributed by atoms with van der Waals surface area (Å²) in [5.74, 6) is 0.218. The minimum absolute atomic E-state index is 0.173. The Morgan fingerprint density at radius 3 is 2.54 bits per heavy atom. The maximum Gasteiger partial charge on any atom is 0.306 e. The molecule has 1 N–H and O–H groups in total. The number of ether oxygens (including phenoxy) is 2. The summed E-state index contributed by atoms with van der Waals surface area (Å²) in [6, 6.07) is 14.1. The number of carbonyl (C=O) groups excluding carboxylic acids is 2. The molecule has 0 radical (unpaired) electrons. The van der Waals surface area contributed by atoms with Crippen molar-refractivity contribution in [3.05, 3.63) is 64.7 Å². The zero-order chi connectivity index (χ0) is 18.8. The van der Waals surface area contributed by atoms with Gasteiger partial charge in [-0.1, -0.05) is 29.8 Å². The van der Waals surface area contributed by atoms with Crippen LogP contribution in [0.2, 0.25) is 5.02 Å². The Hall–Kier alpha value is -2.53. The average molecular weight is 376 g/mol. The number of amides is 1. The summed E-state index contributed by atoms with van der Waals surface area (Å²) in [6.07, 6.45) is 0.739. The van der Waals surface area contributed by atoms with E-state index in [0.717, 1.165) is 11.3 Å². The number of rotatable bonds is 9. The van der Waals surface area contributed by atoms with Crippen LogP contribution in [0.5, 0.6) is 5.75 Å². The van der Waals surface area contributed by atoms with Crippen molar-refractivity contribution in [2.45, 2.75) is 26.4 Å². The molecule has 0 fully saturated rings. The lowest BCUT2D eigenvalue weighted by atomic mass is 10.2. The summed E-state index contributed by atoms with van der Waals surface area (Å²) >= 11 is 5.79. The molecule has 0 aliphatic rings. The van der Waals surface area contributed by atoms with Gasteiger partial charge in [0.25, 0.3) is 5.91 Å². The SMILES string of the molecule is CCOc1ccccc1COC(=O)CCCNC(=O)c1ccc(Cl)cc1. The topological polar surface area (TPSA) is 64.6 Å². The quantitative estimate of drug-likeness (QED) is 0.531. The molecule has 2 aromatic carbocycles. The first-order chi connectivity index (χ1) is 12.6. The number of para-hydroxylation sites is 1. The molecule has 0 bridgehead atoms. The van der Waals surface area contributed by atoms with Crippen LogP contribution >= 0.6 is 11.6 Å². The highest BCUT2D eigenvalue weighted by molar-refractivity contribution is 6.30. The highest BCUT2D eigenvalue weighted by Gasteiger charge is 2.08. The maximum absolute atomic E-state index is 11.9. The Kier molecular flexibility index (Phi) is 7.96. The van der Waals surface area contributed by atoms with Crippen molar-refractivity contribution in [3.63, 3.8) is 0 Å². The summed E-state index contributed by atoms with van der Waals surface area (Å²) in [6.45, 7) is 3.03. The van der Waals surface area contributed by atoms with Gasteiger partial charge in [0.05, 0.1) is 6.61 Å². The van der Waals surface area contributed by atoms with Crippen molar-refractivity contribution in [3.8, 4) is 5.75 Å². The van der Waals surface area contributed by atoms with E-state index < -0.39 is 0 Å². The van der Waals surface area contributed by atoms with E-state index in [-0.39, 0.29) is 24.9 Å². The van der Waals surface area contributed by atoms with Crippen molar-refractivity contribution < 1.29 is 19.1 Å². The van der Waals surface area contributed by atoms with Crippen molar-refractivity contribution in [1.82, 2.24) is 5.32 Å². The molecule has 0 saturated carbocycles. The third kappa shape index (κ3) is 6.41. The van der Waals surface area contributed by atoms with Gasteiger partial charge in [0.15, 0.2) is 0 Å². The van der Waals surface area contributed by atoms with E-state index in [1.165, 1.54) is 0 Å². The summed E-state index contributed by atoms with van der Waals surface area (Å²) in [5.41, 5.74) is 1.36. The smallest absolute Gasteiger partial charge is 0.306 e. The number of esters is 1. The second-order valence-corrected chi connectivity index (χ2v) is 6.00. The minimum Gasteiger partial charge on any atom is -0.493 e. The predicted octanol–water partition coefficient (Wildman–Crippen LogP) is 3.99. The van der Waals surface area contributed by atoms with Gasteiger partial charge < -0.3 is 14.8 Å². The molecule has 138 valence electrons. The maximum atomic E-state index is 11.9. The number of nitrogens with one attached hydrogen (secondary N) is 1. The fraction of sp³-hybridized carbons (Fsp3) is 0.300. The van der Waals surface area contributed by atoms with Crippen LogP contribution in [0.4, 0.5) is 0 Å². The molecule has 0 aliphatic heterocycles. The van der Waals surface area contributed by atoms with Gasteiger partial charge in [-0.3, -0.25) is 9.59 Å². The Bertz CT molecular complexity index is 731. The van der Waals surface area contributed by atoms with Crippen LogP contribution in [-0.4, -0.2) is 25.0 Å². The van der Waals surface area contributed by atoms with Crippen LogP contribution in [0.3, 0.4) is 0 Å². The molecule has 0 saturated heterocycles. The average Bonchev–Trinajstić information content (AvgIpc) is 2.65. The van der Waals surface area contributed by atoms with E-state index in [2.05, 4.69) is 5.32 Å². The summed E-state index contributed by atoms with van der Waals surface area (Å²) in [4.78, 5) is 23.8. The fourth-order valence-corrected chi connectivity index (χ4v) is 2.41. The van der Waals surface area contributed by atoms with Gasteiger partial charge in [0.1, 0.15) is 12.4 Å². The molecule has 5 nitrogen and oxygen atoms in total. The van der Waals surface area contributed by atoms with Gasteiger partial charge in [0, 0.05) is 29.1 Å². The van der Waals surface area contributed by atoms with Gasteiger partial charge >= 0.3 is 5.97 Å². The van der Waals surface area contributed by atoms with E-state index in [0.29, 0.717) is 30.2 Å². The molecule has 2 rings (SSSR count). The largest absolute Gasteiger partial charge is 0.493 e. The summed E-state index contributed by atoms with van der Waals surface area (Å²) in [5, 5.41) is 3.34. The van der Waals surface area contributed by atoms with Crippen molar-refractivity contribution in [1.29, 1.82) is 0 Å². The lowest BCUT2D eigenvalue weighted by Crippen LogP contribution is -2.25. The van der Waals surface area contributed by atoms with E-state index in [1.807, 2.05) is 31.2 Å². The van der Waals surface area contributed by atoms with E-state index >= 15 is 0 Å². The number of halogens is 1. The normalized spacial score (nSPS) is 10.2. The van der Waals surface area contributed by atoms with E-state index in [4.69, 9.17) is 21.1 Å². The van der Waals surface area contributed by atoms with Crippen molar-refractivity contribution in [2.75, 3.05) is 13.2 Å². The zero-order valence-corrected chi connectivity index (χ0v) is 15.4. The van der Waals surface area contributed by atoms with Crippen molar-refractivity contribution in [2.24, 2.45) is 0 Å². The van der Waals surface area contributed by atoms with Gasteiger partial charge in [0.2, 0.25) is 0 Å². The molecular weight excluding hydrogens is 354 g/mol. The second-order valence-electron chi connectivity index (χ2n) is 5.57. The number of hydrogen-bond acceptors (Lipinski definition) is 4. The number of hydrogen-bond donors (Lipinski definition) is 1. The van der Waals surface area contributed by atoms with Crippen LogP contribution in [0.1, 0.15) is 35.7 Å². The highest BCUT2D eigenvalue weighted by atomic mass is 35.5. The Morgan fingerprint density at radius 1 is 1.08 bits per heavy atom. The van der Waals surface area contributed by atoms with Crippen LogP contribution in [0.15, 0.2) is 48.5 Å². The zero-order valence-electron chi connectivity index (χ0n) is 14.7. The molecule has 0 aliphatic carbocycles. The third-order valence-corrected chi connectivity index (χ3v) is 3.86. The van der Waals surface area contributed by atoms with E-state index in [1.54, 1.807) is 24.3 Å². The summed E-state index contributed by atoms with van der Waals surface area (Å²) < 4.78 is 10.8. The van der Waals surface area contributed by atoms with Gasteiger partial charge in [-0.05, 0) is 43.7 Å². The monoisotopic (exact) mass is 375 g/mol. The van der Waals surface area contributed by atoms with Crippen LogP contribution in [-0.2, 0) is 16.1 Å². The molecular formula is C20H22ClNO4. The van der Waals surface area contributed by atoms with Gasteiger partial charge in [-0.15, -0.1) is 0 Å². The lowest BCUT2D eigenvalue weighted by Gasteiger charge is -2.10. The molecule has 0 atom stereocenters. The van der Waals surface area contributed by atoms with Crippen LogP contribution in [0.25, 0.3) is 0 Å². The molecule has 6 heteroatoms. The minimum atomic E-state index is -0.308. The van der Waals surface area contributed by atoms with Gasteiger partial charge in [-0.25, -0.2) is 0 Å². The summed E-state index contributed by atoms with van der Waals surface area (Å²) in [7, 11) is 0.